The number of nitrogens with zero attached hydrogens (tertiary/aromatic N) is 2. The normalized spacial score (nSPS) is 30.5. The minimum absolute atomic E-state index is 0.449. The van der Waals surface area contributed by atoms with Crippen molar-refractivity contribution in [3.8, 4) is 0 Å². The van der Waals surface area contributed by atoms with Crippen molar-refractivity contribution >= 4 is 5.84 Å². The molecule has 2 heterocycles. The summed E-state index contributed by atoms with van der Waals surface area (Å²) in [6, 6.07) is 0.449. The van der Waals surface area contributed by atoms with Crippen LogP contribution in [0.2, 0.25) is 0 Å². The van der Waals surface area contributed by atoms with Crippen LogP contribution in [-0.4, -0.2) is 23.3 Å². The zero-order valence-corrected chi connectivity index (χ0v) is 12.6. The van der Waals surface area contributed by atoms with E-state index >= 15 is 0 Å². The van der Waals surface area contributed by atoms with Gasteiger partial charge in [0.1, 0.15) is 5.84 Å². The molecular formula is C17H26N2. The molecule has 0 radical (unpaired) electrons. The third-order valence-corrected chi connectivity index (χ3v) is 5.65. The van der Waals surface area contributed by atoms with E-state index in [9.17, 15) is 0 Å². The van der Waals surface area contributed by atoms with Crippen LogP contribution in [0.3, 0.4) is 0 Å². The van der Waals surface area contributed by atoms with Crippen molar-refractivity contribution in [1.82, 2.24) is 4.90 Å². The van der Waals surface area contributed by atoms with Crippen molar-refractivity contribution in [2.24, 2.45) is 10.4 Å². The standard InChI is InChI=1S/C17H26N2/c1-12-13(2)15(4)19(14(12)3)16-10-17(11-18-16)8-6-5-7-9-17/h15H,3,5-11H2,1-2,4H3/t15-/m0/s1. The number of rotatable bonds is 0. The average molecular weight is 258 g/mol. The summed E-state index contributed by atoms with van der Waals surface area (Å²) in [4.78, 5) is 7.32. The summed E-state index contributed by atoms with van der Waals surface area (Å²) in [6.45, 7) is 12.0. The molecule has 0 bridgehead atoms. The van der Waals surface area contributed by atoms with Gasteiger partial charge in [-0.1, -0.05) is 25.8 Å². The van der Waals surface area contributed by atoms with Crippen molar-refractivity contribution in [3.05, 3.63) is 23.4 Å². The predicted octanol–water partition coefficient (Wildman–Crippen LogP) is 4.29. The molecule has 1 saturated carbocycles. The van der Waals surface area contributed by atoms with Gasteiger partial charge in [-0.25, -0.2) is 0 Å². The molecular weight excluding hydrogens is 232 g/mol. The molecule has 2 heteroatoms. The summed E-state index contributed by atoms with van der Waals surface area (Å²) < 4.78 is 0. The summed E-state index contributed by atoms with van der Waals surface area (Å²) >= 11 is 0. The molecule has 1 spiro atoms. The van der Waals surface area contributed by atoms with E-state index in [-0.39, 0.29) is 0 Å². The number of hydrogen-bond donors (Lipinski definition) is 0. The Bertz CT molecular complexity index is 464. The highest BCUT2D eigenvalue weighted by Gasteiger charge is 2.41. The Balaban J connectivity index is 1.77. The molecule has 19 heavy (non-hydrogen) atoms. The van der Waals surface area contributed by atoms with Gasteiger partial charge in [-0.05, 0) is 50.2 Å². The topological polar surface area (TPSA) is 15.6 Å². The minimum atomic E-state index is 0.449. The van der Waals surface area contributed by atoms with Gasteiger partial charge >= 0.3 is 0 Å². The van der Waals surface area contributed by atoms with Gasteiger partial charge in [-0.3, -0.25) is 4.99 Å². The Hall–Kier alpha value is -1.05. The van der Waals surface area contributed by atoms with Crippen LogP contribution in [0.15, 0.2) is 28.4 Å². The molecule has 0 N–H and O–H groups in total. The largest absolute Gasteiger partial charge is 0.324 e. The number of hydrogen-bond acceptors (Lipinski definition) is 2. The molecule has 2 nitrogen and oxygen atoms in total. The van der Waals surface area contributed by atoms with Gasteiger partial charge in [0, 0.05) is 18.7 Å². The minimum Gasteiger partial charge on any atom is -0.324 e. The van der Waals surface area contributed by atoms with Crippen LogP contribution in [0.1, 0.15) is 59.3 Å². The lowest BCUT2D eigenvalue weighted by molar-refractivity contribution is 0.219. The molecule has 1 atom stereocenters. The lowest BCUT2D eigenvalue weighted by Crippen LogP contribution is -2.35. The van der Waals surface area contributed by atoms with Crippen LogP contribution in [0.5, 0.6) is 0 Å². The zero-order chi connectivity index (χ0) is 13.6. The third-order valence-electron chi connectivity index (χ3n) is 5.65. The summed E-state index contributed by atoms with van der Waals surface area (Å²) in [5, 5.41) is 0. The fourth-order valence-electron chi connectivity index (χ4n) is 4.03. The summed E-state index contributed by atoms with van der Waals surface area (Å²) in [7, 11) is 0. The van der Waals surface area contributed by atoms with E-state index in [0.29, 0.717) is 11.5 Å². The quantitative estimate of drug-likeness (QED) is 0.632. The van der Waals surface area contributed by atoms with E-state index in [1.807, 2.05) is 0 Å². The lowest BCUT2D eigenvalue weighted by atomic mass is 9.73. The second-order valence-corrected chi connectivity index (χ2v) is 6.77. The Labute approximate surface area is 117 Å². The van der Waals surface area contributed by atoms with E-state index in [0.717, 1.165) is 6.54 Å². The first-order chi connectivity index (χ1) is 9.04. The predicted molar refractivity (Wildman–Crippen MR) is 81.3 cm³/mol. The van der Waals surface area contributed by atoms with Gasteiger partial charge in [0.05, 0.1) is 6.04 Å². The summed E-state index contributed by atoms with van der Waals surface area (Å²) in [6.07, 6.45) is 8.14. The Kier molecular flexibility index (Phi) is 3.07. The molecule has 3 aliphatic rings. The van der Waals surface area contributed by atoms with Crippen molar-refractivity contribution in [1.29, 1.82) is 0 Å². The van der Waals surface area contributed by atoms with E-state index < -0.39 is 0 Å². The molecule has 1 fully saturated rings. The SMILES string of the molecule is C=C1C(C)=C(C)[C@H](C)N1C1=NCC2(CCCCC2)C1. The van der Waals surface area contributed by atoms with Gasteiger partial charge in [0.15, 0.2) is 0 Å². The van der Waals surface area contributed by atoms with E-state index in [1.54, 1.807) is 0 Å². The maximum absolute atomic E-state index is 4.92. The van der Waals surface area contributed by atoms with Crippen LogP contribution >= 0.6 is 0 Å². The molecule has 1 aliphatic carbocycles. The first kappa shape index (κ1) is 13.0. The van der Waals surface area contributed by atoms with Gasteiger partial charge in [-0.15, -0.1) is 0 Å². The first-order valence-corrected chi connectivity index (χ1v) is 7.73. The summed E-state index contributed by atoms with van der Waals surface area (Å²) in [5.41, 5.74) is 4.49. The number of aliphatic imine (C=N–C) groups is 1. The van der Waals surface area contributed by atoms with E-state index in [1.165, 1.54) is 61.2 Å². The highest BCUT2D eigenvalue weighted by molar-refractivity contribution is 5.88. The highest BCUT2D eigenvalue weighted by atomic mass is 15.2. The Morgan fingerprint density at radius 3 is 2.47 bits per heavy atom. The van der Waals surface area contributed by atoms with Gasteiger partial charge in [0.2, 0.25) is 0 Å². The van der Waals surface area contributed by atoms with Gasteiger partial charge in [0.25, 0.3) is 0 Å². The fraction of sp³-hybridized carbons (Fsp3) is 0.706. The van der Waals surface area contributed by atoms with Crippen molar-refractivity contribution in [2.75, 3.05) is 6.54 Å². The fourth-order valence-corrected chi connectivity index (χ4v) is 4.03. The molecule has 104 valence electrons. The van der Waals surface area contributed by atoms with Crippen LogP contribution in [-0.2, 0) is 0 Å². The van der Waals surface area contributed by atoms with Crippen molar-refractivity contribution < 1.29 is 0 Å². The van der Waals surface area contributed by atoms with Crippen LogP contribution in [0.4, 0.5) is 0 Å². The molecule has 2 aliphatic heterocycles. The lowest BCUT2D eigenvalue weighted by Gasteiger charge is -2.34. The van der Waals surface area contributed by atoms with Gasteiger partial charge in [-0.2, -0.15) is 0 Å². The molecule has 0 aromatic heterocycles. The number of amidine groups is 1. The average Bonchev–Trinajstić information content (AvgIpc) is 2.88. The Morgan fingerprint density at radius 1 is 1.21 bits per heavy atom. The maximum Gasteiger partial charge on any atom is 0.104 e. The van der Waals surface area contributed by atoms with Crippen LogP contribution < -0.4 is 0 Å². The highest BCUT2D eigenvalue weighted by Crippen LogP contribution is 2.45. The molecule has 0 aromatic carbocycles. The Morgan fingerprint density at radius 2 is 1.89 bits per heavy atom. The smallest absolute Gasteiger partial charge is 0.104 e. The van der Waals surface area contributed by atoms with Gasteiger partial charge < -0.3 is 4.90 Å². The molecule has 0 unspecified atom stereocenters. The third kappa shape index (κ3) is 1.96. The van der Waals surface area contributed by atoms with Crippen LogP contribution in [0.25, 0.3) is 0 Å². The first-order valence-electron chi connectivity index (χ1n) is 7.73. The van der Waals surface area contributed by atoms with E-state index in [4.69, 9.17) is 4.99 Å². The molecule has 0 saturated heterocycles. The molecule has 0 aromatic rings. The monoisotopic (exact) mass is 258 g/mol. The molecule has 0 amide bonds. The second-order valence-electron chi connectivity index (χ2n) is 6.77. The van der Waals surface area contributed by atoms with Crippen molar-refractivity contribution in [3.63, 3.8) is 0 Å². The van der Waals surface area contributed by atoms with Crippen molar-refractivity contribution in [2.45, 2.75) is 65.3 Å². The maximum atomic E-state index is 4.92. The zero-order valence-electron chi connectivity index (χ0n) is 12.6. The van der Waals surface area contributed by atoms with E-state index in [2.05, 4.69) is 32.3 Å². The van der Waals surface area contributed by atoms with Crippen LogP contribution in [0, 0.1) is 5.41 Å². The summed E-state index contributed by atoms with van der Waals surface area (Å²) in [5.74, 6) is 1.30. The number of allylic oxidation sites excluding steroid dienone is 1. The second kappa shape index (κ2) is 4.50. The molecule has 3 rings (SSSR count).